The molecule has 0 saturated heterocycles. The van der Waals surface area contributed by atoms with Crippen LogP contribution in [0, 0.1) is 5.82 Å². The highest BCUT2D eigenvalue weighted by molar-refractivity contribution is 6.00. The van der Waals surface area contributed by atoms with Crippen LogP contribution in [0.5, 0.6) is 0 Å². The third-order valence-electron chi connectivity index (χ3n) is 4.44. The number of aromatic nitrogens is 3. The van der Waals surface area contributed by atoms with Gasteiger partial charge in [0.05, 0.1) is 22.7 Å². The number of para-hydroxylation sites is 1. The summed E-state index contributed by atoms with van der Waals surface area (Å²) in [6.45, 7) is 0.228. The number of halogens is 1. The average Bonchev–Trinajstić information content (AvgIpc) is 3.15. The normalized spacial score (nSPS) is 10.9. The Kier molecular flexibility index (Phi) is 4.78. The molecule has 2 amide bonds. The maximum Gasteiger partial charge on any atom is 0.259 e. The van der Waals surface area contributed by atoms with Gasteiger partial charge < -0.3 is 15.6 Å². The van der Waals surface area contributed by atoms with Crippen molar-refractivity contribution in [3.8, 4) is 0 Å². The number of nitrogens with one attached hydrogen (secondary N) is 3. The van der Waals surface area contributed by atoms with Crippen LogP contribution in [0.2, 0.25) is 0 Å². The molecule has 0 aliphatic rings. The highest BCUT2D eigenvalue weighted by Crippen LogP contribution is 2.14. The molecule has 4 rings (SSSR count). The zero-order valence-corrected chi connectivity index (χ0v) is 15.1. The first-order valence-electron chi connectivity index (χ1n) is 8.86. The van der Waals surface area contributed by atoms with Gasteiger partial charge in [0.2, 0.25) is 0 Å². The largest absolute Gasteiger partial charge is 0.350 e. The first kappa shape index (κ1) is 18.4. The van der Waals surface area contributed by atoms with Gasteiger partial charge in [-0.1, -0.05) is 24.3 Å². The van der Waals surface area contributed by atoms with E-state index >= 15 is 0 Å². The standard InChI is InChI=1S/C20H16FN5O3/c21-15-7-3-1-5-12(15)18(27)22-9-10-23-19(28)14-11-24-26-16-8-4-2-6-13(16)20(29)25-17(14)26/h1-8,11H,9-10H2,(H,22,27)(H,23,28)(H,25,29). The number of carbonyl (C=O) groups excluding carboxylic acids is 2. The fraction of sp³-hybridized carbons (Fsp3) is 0.100. The topological polar surface area (TPSA) is 108 Å². The summed E-state index contributed by atoms with van der Waals surface area (Å²) in [7, 11) is 0. The number of fused-ring (bicyclic) bond motifs is 3. The zero-order chi connectivity index (χ0) is 20.4. The van der Waals surface area contributed by atoms with Crippen molar-refractivity contribution >= 4 is 28.4 Å². The molecule has 0 atom stereocenters. The van der Waals surface area contributed by atoms with Gasteiger partial charge in [-0.3, -0.25) is 14.4 Å². The highest BCUT2D eigenvalue weighted by Gasteiger charge is 2.16. The molecular formula is C20H16FN5O3. The van der Waals surface area contributed by atoms with Gasteiger partial charge in [0.25, 0.3) is 17.4 Å². The Hall–Kier alpha value is -4.01. The van der Waals surface area contributed by atoms with Crippen LogP contribution < -0.4 is 16.2 Å². The van der Waals surface area contributed by atoms with E-state index in [-0.39, 0.29) is 35.4 Å². The van der Waals surface area contributed by atoms with Crippen LogP contribution in [0.4, 0.5) is 4.39 Å². The molecule has 0 spiro atoms. The maximum absolute atomic E-state index is 13.6. The summed E-state index contributed by atoms with van der Waals surface area (Å²) in [5.41, 5.74) is 0.683. The van der Waals surface area contributed by atoms with Crippen molar-refractivity contribution in [3.63, 3.8) is 0 Å². The number of nitrogens with zero attached hydrogens (tertiary/aromatic N) is 2. The second kappa shape index (κ2) is 7.55. The maximum atomic E-state index is 13.6. The average molecular weight is 393 g/mol. The summed E-state index contributed by atoms with van der Waals surface area (Å²) in [6.07, 6.45) is 1.37. The Labute approximate surface area is 163 Å². The van der Waals surface area contributed by atoms with Gasteiger partial charge in [0.15, 0.2) is 0 Å². The molecular weight excluding hydrogens is 377 g/mol. The Morgan fingerprint density at radius 2 is 1.62 bits per heavy atom. The number of hydrogen-bond donors (Lipinski definition) is 3. The Bertz CT molecular complexity index is 1290. The number of rotatable bonds is 5. The predicted octanol–water partition coefficient (Wildman–Crippen LogP) is 1.47. The molecule has 2 aromatic heterocycles. The molecule has 2 aromatic carbocycles. The van der Waals surface area contributed by atoms with Crippen molar-refractivity contribution in [1.29, 1.82) is 0 Å². The van der Waals surface area contributed by atoms with Gasteiger partial charge in [-0.25, -0.2) is 8.91 Å². The van der Waals surface area contributed by atoms with E-state index < -0.39 is 17.6 Å². The van der Waals surface area contributed by atoms with E-state index in [1.54, 1.807) is 30.3 Å². The molecule has 29 heavy (non-hydrogen) atoms. The van der Waals surface area contributed by atoms with E-state index in [2.05, 4.69) is 20.7 Å². The van der Waals surface area contributed by atoms with Crippen molar-refractivity contribution in [2.45, 2.75) is 0 Å². The first-order valence-corrected chi connectivity index (χ1v) is 8.86. The van der Waals surface area contributed by atoms with Gasteiger partial charge in [0.1, 0.15) is 17.0 Å². The van der Waals surface area contributed by atoms with Gasteiger partial charge >= 0.3 is 0 Å². The van der Waals surface area contributed by atoms with Crippen molar-refractivity contribution in [3.05, 3.63) is 82.0 Å². The van der Waals surface area contributed by atoms with E-state index in [0.29, 0.717) is 10.9 Å². The van der Waals surface area contributed by atoms with Gasteiger partial charge in [0, 0.05) is 13.1 Å². The molecule has 0 aliphatic carbocycles. The van der Waals surface area contributed by atoms with Gasteiger partial charge in [-0.05, 0) is 24.3 Å². The van der Waals surface area contributed by atoms with Crippen LogP contribution in [-0.4, -0.2) is 39.5 Å². The molecule has 0 radical (unpaired) electrons. The predicted molar refractivity (Wildman–Crippen MR) is 104 cm³/mol. The van der Waals surface area contributed by atoms with Crippen LogP contribution in [0.3, 0.4) is 0 Å². The highest BCUT2D eigenvalue weighted by atomic mass is 19.1. The number of H-pyrrole nitrogens is 1. The van der Waals surface area contributed by atoms with Crippen LogP contribution in [0.1, 0.15) is 20.7 Å². The van der Waals surface area contributed by atoms with Gasteiger partial charge in [-0.2, -0.15) is 5.10 Å². The van der Waals surface area contributed by atoms with Crippen LogP contribution in [0.25, 0.3) is 16.6 Å². The van der Waals surface area contributed by atoms with Crippen molar-refractivity contribution in [2.75, 3.05) is 13.1 Å². The minimum atomic E-state index is -0.614. The lowest BCUT2D eigenvalue weighted by molar-refractivity contribution is 0.0926. The van der Waals surface area contributed by atoms with Crippen molar-refractivity contribution in [1.82, 2.24) is 25.2 Å². The molecule has 8 nitrogen and oxygen atoms in total. The van der Waals surface area contributed by atoms with Crippen molar-refractivity contribution < 1.29 is 14.0 Å². The third-order valence-corrected chi connectivity index (χ3v) is 4.44. The second-order valence-electron chi connectivity index (χ2n) is 6.28. The fourth-order valence-electron chi connectivity index (χ4n) is 3.03. The molecule has 0 unspecified atom stereocenters. The van der Waals surface area contributed by atoms with Crippen LogP contribution in [-0.2, 0) is 0 Å². The van der Waals surface area contributed by atoms with E-state index in [1.165, 1.54) is 28.9 Å². The number of amides is 2. The van der Waals surface area contributed by atoms with Crippen molar-refractivity contribution in [2.24, 2.45) is 0 Å². The molecule has 146 valence electrons. The molecule has 0 saturated carbocycles. The monoisotopic (exact) mass is 393 g/mol. The minimum Gasteiger partial charge on any atom is -0.350 e. The first-order chi connectivity index (χ1) is 14.1. The molecule has 2 heterocycles. The number of aromatic amines is 1. The lowest BCUT2D eigenvalue weighted by Gasteiger charge is -2.07. The summed E-state index contributed by atoms with van der Waals surface area (Å²) >= 11 is 0. The van der Waals surface area contributed by atoms with Crippen LogP contribution in [0.15, 0.2) is 59.5 Å². The summed E-state index contributed by atoms with van der Waals surface area (Å²) < 4.78 is 15.1. The summed E-state index contributed by atoms with van der Waals surface area (Å²) in [4.78, 5) is 39.4. The molecule has 0 fully saturated rings. The fourth-order valence-corrected chi connectivity index (χ4v) is 3.03. The second-order valence-corrected chi connectivity index (χ2v) is 6.28. The summed E-state index contributed by atoms with van der Waals surface area (Å²) in [6, 6.07) is 12.6. The van der Waals surface area contributed by atoms with E-state index in [0.717, 1.165) is 0 Å². The lowest BCUT2D eigenvalue weighted by atomic mass is 10.2. The smallest absolute Gasteiger partial charge is 0.259 e. The molecule has 4 aromatic rings. The lowest BCUT2D eigenvalue weighted by Crippen LogP contribution is -2.35. The number of benzene rings is 2. The summed E-state index contributed by atoms with van der Waals surface area (Å²) in [5.74, 6) is -1.63. The summed E-state index contributed by atoms with van der Waals surface area (Å²) in [5, 5.41) is 9.83. The SMILES string of the molecule is O=C(NCCNC(=O)c1cnn2c1[nH]c(=O)c1ccccc12)c1ccccc1F. The van der Waals surface area contributed by atoms with Crippen LogP contribution >= 0.6 is 0 Å². The van der Waals surface area contributed by atoms with Gasteiger partial charge in [-0.15, -0.1) is 0 Å². The number of carbonyl (C=O) groups is 2. The Morgan fingerprint density at radius 3 is 2.38 bits per heavy atom. The molecule has 3 N–H and O–H groups in total. The Morgan fingerprint density at radius 1 is 0.966 bits per heavy atom. The Balaban J connectivity index is 1.44. The zero-order valence-electron chi connectivity index (χ0n) is 15.1. The van der Waals surface area contributed by atoms with E-state index in [4.69, 9.17) is 0 Å². The molecule has 0 aliphatic heterocycles. The number of hydrogen-bond acceptors (Lipinski definition) is 4. The van der Waals surface area contributed by atoms with E-state index in [1.807, 2.05) is 0 Å². The quantitative estimate of drug-likeness (QED) is 0.446. The molecule has 0 bridgehead atoms. The van der Waals surface area contributed by atoms with E-state index in [9.17, 15) is 18.8 Å². The molecule has 9 heteroatoms. The minimum absolute atomic E-state index is 0.0640. The third kappa shape index (κ3) is 3.45.